The molecule has 2 atom stereocenters. The van der Waals surface area contributed by atoms with Crippen LogP contribution >= 0.6 is 0 Å². The molecule has 3 aromatic rings. The molecule has 1 aromatic heterocycles. The van der Waals surface area contributed by atoms with Gasteiger partial charge in [0.2, 0.25) is 5.91 Å². The van der Waals surface area contributed by atoms with Gasteiger partial charge in [-0.2, -0.15) is 0 Å². The van der Waals surface area contributed by atoms with Crippen molar-refractivity contribution in [3.05, 3.63) is 70.4 Å². The van der Waals surface area contributed by atoms with E-state index in [1.807, 2.05) is 24.3 Å². The average molecular weight is 421 g/mol. The van der Waals surface area contributed by atoms with E-state index in [4.69, 9.17) is 0 Å². The van der Waals surface area contributed by atoms with Gasteiger partial charge in [-0.15, -0.1) is 0 Å². The van der Waals surface area contributed by atoms with Gasteiger partial charge in [-0.05, 0) is 24.6 Å². The quantitative estimate of drug-likeness (QED) is 0.319. The number of hydrogen-bond acceptors (Lipinski definition) is 5. The lowest BCUT2D eigenvalue weighted by Gasteiger charge is -2.20. The zero-order valence-corrected chi connectivity index (χ0v) is 16.5. The molecule has 1 aliphatic heterocycles. The van der Waals surface area contributed by atoms with Crippen molar-refractivity contribution in [3.63, 3.8) is 0 Å². The maximum atomic E-state index is 12.9. The molecule has 0 aliphatic carbocycles. The van der Waals surface area contributed by atoms with E-state index in [9.17, 15) is 24.5 Å². The minimum atomic E-state index is -1.10. The van der Waals surface area contributed by atoms with Crippen molar-refractivity contribution in [2.75, 3.05) is 5.32 Å². The monoisotopic (exact) mass is 421 g/mol. The van der Waals surface area contributed by atoms with Crippen LogP contribution in [0.15, 0.2) is 54.7 Å². The molecule has 0 radical (unpaired) electrons. The highest BCUT2D eigenvalue weighted by molar-refractivity contribution is 6.09. The summed E-state index contributed by atoms with van der Waals surface area (Å²) in [7, 11) is 0. The number of fused-ring (bicyclic) bond motifs is 1. The summed E-state index contributed by atoms with van der Waals surface area (Å²) >= 11 is 0. The van der Waals surface area contributed by atoms with Crippen LogP contribution in [-0.2, 0) is 16.0 Å². The number of rotatable bonds is 6. The molecule has 10 nitrogen and oxygen atoms in total. The first-order valence-electron chi connectivity index (χ1n) is 9.59. The lowest BCUT2D eigenvalue weighted by Crippen LogP contribution is -2.46. The molecule has 0 saturated carbocycles. The van der Waals surface area contributed by atoms with Gasteiger partial charge in [-0.3, -0.25) is 24.6 Å². The Morgan fingerprint density at radius 2 is 2.00 bits per heavy atom. The Bertz CT molecular complexity index is 1200. The molecule has 2 aromatic carbocycles. The van der Waals surface area contributed by atoms with Crippen molar-refractivity contribution in [1.29, 1.82) is 0 Å². The molecule has 158 valence electrons. The van der Waals surface area contributed by atoms with Gasteiger partial charge in [0.05, 0.1) is 4.92 Å². The van der Waals surface area contributed by atoms with Crippen molar-refractivity contribution in [2.24, 2.45) is 0 Å². The number of non-ortho nitro benzene ring substituents is 1. The number of benzene rings is 2. The molecule has 1 fully saturated rings. The first kappa shape index (κ1) is 20.1. The number of H-pyrrole nitrogens is 1. The van der Waals surface area contributed by atoms with Gasteiger partial charge in [-0.25, -0.2) is 4.79 Å². The molecule has 0 unspecified atom stereocenters. The van der Waals surface area contributed by atoms with E-state index < -0.39 is 34.9 Å². The normalized spacial score (nSPS) is 16.9. The second-order valence-electron chi connectivity index (χ2n) is 7.25. The zero-order valence-electron chi connectivity index (χ0n) is 16.5. The van der Waals surface area contributed by atoms with Gasteiger partial charge in [0, 0.05) is 41.3 Å². The number of nitro benzene ring substituents is 1. The number of urea groups is 1. The number of anilines is 1. The van der Waals surface area contributed by atoms with Crippen LogP contribution in [0.5, 0.6) is 0 Å². The molecule has 3 N–H and O–H groups in total. The second-order valence-corrected chi connectivity index (χ2v) is 7.25. The predicted octanol–water partition coefficient (Wildman–Crippen LogP) is 2.57. The molecular weight excluding hydrogens is 402 g/mol. The number of amides is 4. The van der Waals surface area contributed by atoms with Crippen LogP contribution in [0.2, 0.25) is 0 Å². The number of carbonyl (C=O) groups excluding carboxylic acids is 3. The number of nitrogens with one attached hydrogen (secondary N) is 3. The highest BCUT2D eigenvalue weighted by Crippen LogP contribution is 2.23. The number of aromatic nitrogens is 1. The number of aromatic amines is 1. The minimum Gasteiger partial charge on any atom is -0.361 e. The first-order chi connectivity index (χ1) is 14.8. The average Bonchev–Trinajstić information content (AvgIpc) is 3.28. The first-order valence-corrected chi connectivity index (χ1v) is 9.59. The summed E-state index contributed by atoms with van der Waals surface area (Å²) in [5, 5.41) is 17.0. The Hall–Kier alpha value is -4.21. The fourth-order valence-electron chi connectivity index (χ4n) is 3.63. The van der Waals surface area contributed by atoms with E-state index in [1.165, 1.54) is 31.2 Å². The molecule has 0 spiro atoms. The number of hydrogen-bond donors (Lipinski definition) is 3. The van der Waals surface area contributed by atoms with Crippen LogP contribution < -0.4 is 10.6 Å². The summed E-state index contributed by atoms with van der Waals surface area (Å²) in [6, 6.07) is 10.5. The topological polar surface area (TPSA) is 137 Å². The number of nitro groups is 1. The van der Waals surface area contributed by atoms with Gasteiger partial charge in [0.25, 0.3) is 11.6 Å². The van der Waals surface area contributed by atoms with Crippen LogP contribution in [0, 0.1) is 10.1 Å². The molecule has 4 rings (SSSR count). The van der Waals surface area contributed by atoms with Gasteiger partial charge in [-0.1, -0.05) is 24.3 Å². The van der Waals surface area contributed by atoms with Crippen LogP contribution in [0.3, 0.4) is 0 Å². The maximum Gasteiger partial charge on any atom is 0.325 e. The van der Waals surface area contributed by atoms with Crippen molar-refractivity contribution in [2.45, 2.75) is 25.4 Å². The summed E-state index contributed by atoms with van der Waals surface area (Å²) < 4.78 is 0. The third kappa shape index (κ3) is 3.82. The van der Waals surface area contributed by atoms with E-state index in [1.54, 1.807) is 6.20 Å². The van der Waals surface area contributed by atoms with Gasteiger partial charge in [0.15, 0.2) is 0 Å². The highest BCUT2D eigenvalue weighted by atomic mass is 16.6. The zero-order chi connectivity index (χ0) is 22.1. The summed E-state index contributed by atoms with van der Waals surface area (Å²) in [4.78, 5) is 52.3. The Kier molecular flexibility index (Phi) is 5.12. The maximum absolute atomic E-state index is 12.9. The smallest absolute Gasteiger partial charge is 0.325 e. The van der Waals surface area contributed by atoms with Crippen molar-refractivity contribution < 1.29 is 19.3 Å². The van der Waals surface area contributed by atoms with Gasteiger partial charge >= 0.3 is 6.03 Å². The summed E-state index contributed by atoms with van der Waals surface area (Å²) in [5.74, 6) is -1.13. The Balaban J connectivity index is 1.47. The lowest BCUT2D eigenvalue weighted by molar-refractivity contribution is -0.384. The number of nitrogens with zero attached hydrogens (tertiary/aromatic N) is 2. The molecule has 2 heterocycles. The van der Waals surface area contributed by atoms with E-state index in [0.717, 1.165) is 21.4 Å². The van der Waals surface area contributed by atoms with Crippen molar-refractivity contribution in [1.82, 2.24) is 15.2 Å². The fourth-order valence-corrected chi connectivity index (χ4v) is 3.63. The summed E-state index contributed by atoms with van der Waals surface area (Å²) in [6.07, 6.45) is 2.08. The third-order valence-electron chi connectivity index (χ3n) is 5.24. The Morgan fingerprint density at radius 3 is 2.77 bits per heavy atom. The number of carbonyl (C=O) groups is 3. The molecule has 0 bridgehead atoms. The van der Waals surface area contributed by atoms with Crippen LogP contribution in [0.4, 0.5) is 16.2 Å². The summed E-state index contributed by atoms with van der Waals surface area (Å²) in [5.41, 5.74) is 1.83. The molecule has 10 heteroatoms. The molecule has 4 amide bonds. The van der Waals surface area contributed by atoms with E-state index in [2.05, 4.69) is 15.6 Å². The Labute approximate surface area is 176 Å². The standard InChI is InChI=1S/C21H19N5O5/c1-12(19(27)23-14-5-4-6-15(10-14)26(30)31)25-20(28)18(24-21(25)29)9-13-11-22-17-8-3-2-7-16(13)17/h2-8,10-12,18,22H,9H2,1H3,(H,23,27)(H,24,29)/t12-,18+/m0/s1. The largest absolute Gasteiger partial charge is 0.361 e. The number of imide groups is 1. The van der Waals surface area contributed by atoms with Gasteiger partial charge < -0.3 is 15.6 Å². The highest BCUT2D eigenvalue weighted by Gasteiger charge is 2.43. The molecule has 31 heavy (non-hydrogen) atoms. The minimum absolute atomic E-state index is 0.181. The van der Waals surface area contributed by atoms with Crippen LogP contribution in [0.25, 0.3) is 10.9 Å². The number of para-hydroxylation sites is 1. The van der Waals surface area contributed by atoms with Crippen molar-refractivity contribution in [3.8, 4) is 0 Å². The van der Waals surface area contributed by atoms with E-state index >= 15 is 0 Å². The predicted molar refractivity (Wildman–Crippen MR) is 112 cm³/mol. The second kappa shape index (κ2) is 7.90. The SMILES string of the molecule is C[C@@H](C(=O)Nc1cccc([N+](=O)[O-])c1)N1C(=O)N[C@H](Cc2c[nH]c3ccccc23)C1=O. The van der Waals surface area contributed by atoms with E-state index in [0.29, 0.717) is 0 Å². The van der Waals surface area contributed by atoms with Crippen molar-refractivity contribution >= 4 is 40.1 Å². The molecule has 1 saturated heterocycles. The van der Waals surface area contributed by atoms with Crippen LogP contribution in [0.1, 0.15) is 12.5 Å². The Morgan fingerprint density at radius 1 is 1.23 bits per heavy atom. The van der Waals surface area contributed by atoms with Crippen LogP contribution in [-0.4, -0.2) is 44.7 Å². The lowest BCUT2D eigenvalue weighted by atomic mass is 10.0. The van der Waals surface area contributed by atoms with Gasteiger partial charge in [0.1, 0.15) is 12.1 Å². The molecular formula is C21H19N5O5. The van der Waals surface area contributed by atoms with E-state index in [-0.39, 0.29) is 17.8 Å². The third-order valence-corrected chi connectivity index (χ3v) is 5.24. The fraction of sp³-hybridized carbons (Fsp3) is 0.190. The summed E-state index contributed by atoms with van der Waals surface area (Å²) in [6.45, 7) is 1.43. The molecule has 1 aliphatic rings.